The normalized spacial score (nSPS) is 11.1. The summed E-state index contributed by atoms with van der Waals surface area (Å²) in [6.45, 7) is 36.7. The Bertz CT molecular complexity index is 8940. The molecule has 0 N–H and O–H groups in total. The molecule has 150 heavy (non-hydrogen) atoms. The SMILES string of the molecule is [C-]#[N+]c1ccc(N(c2ccccc2)c2cc(CC)c3ccc4c(N(c5ccccc5)c5ccc(C#N)cc5)cc(CC)c5ccc2c3c54)cc1.[C-]#[N+]c1cccc(N(c2ccccc2)c2cc(CC)c3ccc4c(N(c5ccccc5)c5cccc(C#N)c5)cc(CC)c5ccc2c3c54)c1.[C-]#[N+]c1ccccc1N(c1ccccc1)c1cc(CC)c2ccc3c(N(c4ccccc4)c4ccccc4C#N)cc(CC)c4ccc1c2c43. The van der Waals surface area contributed by atoms with Crippen molar-refractivity contribution in [1.29, 1.82) is 15.8 Å². The maximum atomic E-state index is 10.3. The third-order valence-corrected chi connectivity index (χ3v) is 29.3. The van der Waals surface area contributed by atoms with Gasteiger partial charge in [-0.15, -0.1) is 0 Å². The molecule has 0 aliphatic carbocycles. The summed E-state index contributed by atoms with van der Waals surface area (Å²) in [7, 11) is 0. The van der Waals surface area contributed by atoms with Crippen molar-refractivity contribution in [2.24, 2.45) is 0 Å². The van der Waals surface area contributed by atoms with Crippen LogP contribution in [0.1, 0.15) is 91.6 Å². The molecule has 0 unspecified atom stereocenters. The van der Waals surface area contributed by atoms with Gasteiger partial charge >= 0.3 is 0 Å². The van der Waals surface area contributed by atoms with Crippen LogP contribution in [0.3, 0.4) is 0 Å². The molecule has 0 spiro atoms. The summed E-state index contributed by atoms with van der Waals surface area (Å²) in [5.74, 6) is 0. The Kier molecular flexibility index (Phi) is 26.3. The standard InChI is InChI=1S/3C46H34N4/c1-4-31-28-43(49(34-17-8-6-9-18-34)41-22-14-12-16-33(41)30-47)38-26-24-37-32(5-2)29-44(39-27-25-36(31)45(38)46(37)39)50(35-19-10-7-11-20-35)42-23-15-13-21-40(42)48-3;1-4-32-27-43(49(35-16-8-6-9-17-35)37-20-12-14-31(26-37)30-47)41-24-22-40-33(5-2)28-44(42-25-23-39(32)45(41)46(40)42)50(36-18-10-7-11-19-36)38-21-13-15-34(29-38)48-3;1-4-32-28-43(49(35-12-8-6-9-13-35)37-20-16-31(30-47)17-21-37)41-26-24-40-33(5-2)29-44(42-27-25-39(32)45(41)46(40)42)50(36-14-10-7-11-15-36)38-22-18-34(48-3)19-23-38/h3*6-29H,4-5H2,1-2H3. The van der Waals surface area contributed by atoms with Gasteiger partial charge in [0.05, 0.1) is 94.0 Å². The molecule has 0 aromatic heterocycles. The number of aryl methyl sites for hydroxylation is 6. The Morgan fingerprint density at radius 2 is 0.440 bits per heavy atom. The monoisotopic (exact) mass is 1930 g/mol. The first-order chi connectivity index (χ1) is 73.9. The van der Waals surface area contributed by atoms with Crippen LogP contribution in [0.4, 0.5) is 119 Å². The molecule has 24 aromatic rings. The first-order valence-corrected chi connectivity index (χ1v) is 51.2. The second-order valence-electron chi connectivity index (χ2n) is 37.5. The molecule has 12 nitrogen and oxygen atoms in total. The first-order valence-electron chi connectivity index (χ1n) is 51.2. The largest absolute Gasteiger partial charge is 0.320 e. The Morgan fingerprint density at radius 1 is 0.187 bits per heavy atom. The number of hydrogen-bond donors (Lipinski definition) is 0. The van der Waals surface area contributed by atoms with Gasteiger partial charge < -0.3 is 29.4 Å². The Labute approximate surface area is 874 Å². The van der Waals surface area contributed by atoms with Crippen LogP contribution in [0, 0.1) is 53.7 Å². The molecule has 0 saturated carbocycles. The Balaban J connectivity index is 0.000000127. The topological polar surface area (TPSA) is 104 Å². The molecule has 0 saturated heterocycles. The number of benzene rings is 24. The van der Waals surface area contributed by atoms with Crippen molar-refractivity contribution in [3.05, 3.63) is 521 Å². The van der Waals surface area contributed by atoms with Gasteiger partial charge in [-0.25, -0.2) is 14.5 Å². The highest BCUT2D eigenvalue weighted by Gasteiger charge is 2.32. The smallest absolute Gasteiger partial charge is 0.210 e. The highest BCUT2D eigenvalue weighted by molar-refractivity contribution is 6.33. The number of para-hydroxylation sites is 9. The molecule has 0 amide bonds. The van der Waals surface area contributed by atoms with Crippen molar-refractivity contribution >= 4 is 216 Å². The van der Waals surface area contributed by atoms with Crippen LogP contribution in [0.15, 0.2) is 437 Å². The average Bonchev–Trinajstić information content (AvgIpc) is 0.712. The van der Waals surface area contributed by atoms with Crippen LogP contribution in [0.2, 0.25) is 0 Å². The summed E-state index contributed by atoms with van der Waals surface area (Å²) < 4.78 is 0. The minimum absolute atomic E-state index is 0.602. The Morgan fingerprint density at radius 3 is 0.753 bits per heavy atom. The molecular weight excluding hydrogens is 1830 g/mol. The maximum Gasteiger partial charge on any atom is 0.210 e. The minimum atomic E-state index is 0.602. The van der Waals surface area contributed by atoms with Gasteiger partial charge in [-0.3, -0.25) is 0 Å². The van der Waals surface area contributed by atoms with Crippen LogP contribution in [-0.2, 0) is 38.5 Å². The first kappa shape index (κ1) is 95.0. The molecule has 0 heterocycles. The van der Waals surface area contributed by atoms with Gasteiger partial charge in [0.1, 0.15) is 6.07 Å². The molecule has 0 fully saturated rings. The summed E-state index contributed by atoms with van der Waals surface area (Å²) in [5, 5.41) is 51.5. The Hall–Kier alpha value is -19.9. The molecule has 0 aliphatic rings. The maximum absolute atomic E-state index is 10.3. The summed E-state index contributed by atoms with van der Waals surface area (Å²) in [6, 6.07) is 158. The van der Waals surface area contributed by atoms with Gasteiger partial charge in [0.2, 0.25) is 5.69 Å². The van der Waals surface area contributed by atoms with E-state index in [4.69, 9.17) is 19.7 Å². The fourth-order valence-corrected chi connectivity index (χ4v) is 22.4. The summed E-state index contributed by atoms with van der Waals surface area (Å²) in [5.41, 5.74) is 29.6. The van der Waals surface area contributed by atoms with Gasteiger partial charge in [-0.2, -0.15) is 15.8 Å². The summed E-state index contributed by atoms with van der Waals surface area (Å²) in [4.78, 5) is 25.1. The second kappa shape index (κ2) is 41.5. The van der Waals surface area contributed by atoms with Gasteiger partial charge in [-0.1, -0.05) is 284 Å². The second-order valence-corrected chi connectivity index (χ2v) is 37.5. The van der Waals surface area contributed by atoms with Crippen molar-refractivity contribution in [3.63, 3.8) is 0 Å². The number of rotatable bonds is 24. The number of nitriles is 3. The predicted octanol–water partition coefficient (Wildman–Crippen LogP) is 39.2. The fraction of sp³-hybridized carbons (Fsp3) is 0.0870. The highest BCUT2D eigenvalue weighted by Crippen LogP contribution is 2.57. The predicted molar refractivity (Wildman–Crippen MR) is 628 cm³/mol. The molecule has 0 atom stereocenters. The zero-order chi connectivity index (χ0) is 103. The third-order valence-electron chi connectivity index (χ3n) is 29.3. The molecule has 0 aliphatic heterocycles. The molecule has 24 aromatic carbocycles. The van der Waals surface area contributed by atoms with Gasteiger partial charge in [0, 0.05) is 89.2 Å². The van der Waals surface area contributed by atoms with Gasteiger partial charge in [0.15, 0.2) is 11.4 Å². The lowest BCUT2D eigenvalue weighted by Gasteiger charge is -2.31. The lowest BCUT2D eigenvalue weighted by molar-refractivity contribution is 1.15. The van der Waals surface area contributed by atoms with Crippen molar-refractivity contribution in [2.45, 2.75) is 80.1 Å². The van der Waals surface area contributed by atoms with Crippen LogP contribution >= 0.6 is 0 Å². The van der Waals surface area contributed by atoms with E-state index in [2.05, 4.69) is 358 Å². The van der Waals surface area contributed by atoms with E-state index >= 15 is 0 Å². The zero-order valence-corrected chi connectivity index (χ0v) is 84.2. The van der Waals surface area contributed by atoms with Crippen molar-refractivity contribution in [1.82, 2.24) is 0 Å². The van der Waals surface area contributed by atoms with E-state index in [0.29, 0.717) is 33.8 Å². The van der Waals surface area contributed by atoms with Crippen molar-refractivity contribution in [3.8, 4) is 18.2 Å². The van der Waals surface area contributed by atoms with E-state index in [9.17, 15) is 15.8 Å². The van der Waals surface area contributed by atoms with E-state index in [1.165, 1.54) is 109 Å². The van der Waals surface area contributed by atoms with E-state index in [-0.39, 0.29) is 0 Å². The number of anilines is 18. The van der Waals surface area contributed by atoms with E-state index in [0.717, 1.165) is 162 Å². The summed E-state index contributed by atoms with van der Waals surface area (Å²) >= 11 is 0. The van der Waals surface area contributed by atoms with Gasteiger partial charge in [0.25, 0.3) is 0 Å². The van der Waals surface area contributed by atoms with Gasteiger partial charge in [-0.05, 0) is 331 Å². The fourth-order valence-electron chi connectivity index (χ4n) is 22.4. The van der Waals surface area contributed by atoms with Crippen LogP contribution < -0.4 is 29.4 Å². The number of hydrogen-bond acceptors (Lipinski definition) is 9. The molecule has 0 bridgehead atoms. The third kappa shape index (κ3) is 17.1. The van der Waals surface area contributed by atoms with Crippen LogP contribution in [-0.4, -0.2) is 0 Å². The lowest BCUT2D eigenvalue weighted by Crippen LogP contribution is -2.13. The lowest BCUT2D eigenvalue weighted by atomic mass is 9.86. The van der Waals surface area contributed by atoms with Crippen molar-refractivity contribution < 1.29 is 0 Å². The van der Waals surface area contributed by atoms with E-state index < -0.39 is 0 Å². The number of nitrogens with zero attached hydrogens (tertiary/aromatic N) is 12. The van der Waals surface area contributed by atoms with E-state index in [1.54, 1.807) is 0 Å². The molecule has 12 heteroatoms. The average molecular weight is 1930 g/mol. The minimum Gasteiger partial charge on any atom is -0.320 e. The molecule has 0 radical (unpaired) electrons. The van der Waals surface area contributed by atoms with E-state index in [1.807, 2.05) is 182 Å². The zero-order valence-electron chi connectivity index (χ0n) is 84.2. The highest BCUT2D eigenvalue weighted by atomic mass is 15.2. The van der Waals surface area contributed by atoms with Crippen LogP contribution in [0.5, 0.6) is 0 Å². The van der Waals surface area contributed by atoms with Crippen LogP contribution in [0.25, 0.3) is 111 Å². The molecule has 714 valence electrons. The quantitative estimate of drug-likeness (QED) is 0.0432. The molecular formula is C138H102N12. The summed E-state index contributed by atoms with van der Waals surface area (Å²) in [6.07, 6.45) is 5.22. The van der Waals surface area contributed by atoms with Crippen molar-refractivity contribution in [2.75, 3.05) is 29.4 Å². The molecule has 24 rings (SSSR count).